The average Bonchev–Trinajstić information content (AvgIpc) is 2.84. The maximum Gasteiger partial charge on any atom is 0.308 e. The normalized spacial score (nSPS) is 34.8. The van der Waals surface area contributed by atoms with Crippen LogP contribution in [0.2, 0.25) is 18.1 Å². The molecule has 9 atom stereocenters. The minimum Gasteiger partial charge on any atom is -0.469 e. The molecule has 0 bridgehead atoms. The quantitative estimate of drug-likeness (QED) is 0.141. The van der Waals surface area contributed by atoms with Crippen LogP contribution >= 0.6 is 0 Å². The van der Waals surface area contributed by atoms with Gasteiger partial charge in [-0.3, -0.25) is 4.79 Å². The van der Waals surface area contributed by atoms with E-state index in [4.69, 9.17) is 28.1 Å². The first kappa shape index (κ1) is 33.7. The van der Waals surface area contributed by atoms with Crippen molar-refractivity contribution in [3.63, 3.8) is 0 Å². The maximum atomic E-state index is 12.6. The second kappa shape index (κ2) is 14.9. The van der Waals surface area contributed by atoms with Crippen molar-refractivity contribution < 1.29 is 32.9 Å². The van der Waals surface area contributed by atoms with Crippen LogP contribution in [0.5, 0.6) is 0 Å². The van der Waals surface area contributed by atoms with Crippen LogP contribution in [0.25, 0.3) is 0 Å². The summed E-state index contributed by atoms with van der Waals surface area (Å²) in [6, 6.07) is 0. The minimum absolute atomic E-state index is 0.0286. The zero-order chi connectivity index (χ0) is 28.7. The lowest BCUT2D eigenvalue weighted by Gasteiger charge is -2.49. The highest BCUT2D eigenvalue weighted by Crippen LogP contribution is 2.43. The van der Waals surface area contributed by atoms with Gasteiger partial charge in [0.05, 0.1) is 37.4 Å². The van der Waals surface area contributed by atoms with E-state index in [-0.39, 0.29) is 59.3 Å². The van der Waals surface area contributed by atoms with Crippen molar-refractivity contribution in [3.05, 3.63) is 0 Å². The second-order valence-electron chi connectivity index (χ2n) is 13.1. The van der Waals surface area contributed by atoms with Crippen molar-refractivity contribution in [1.29, 1.82) is 0 Å². The number of ether oxygens (including phenoxy) is 5. The van der Waals surface area contributed by atoms with E-state index in [1.54, 1.807) is 0 Å². The molecule has 0 aromatic carbocycles. The smallest absolute Gasteiger partial charge is 0.308 e. The van der Waals surface area contributed by atoms with Crippen LogP contribution in [0.3, 0.4) is 0 Å². The van der Waals surface area contributed by atoms with Gasteiger partial charge >= 0.3 is 5.97 Å². The predicted molar refractivity (Wildman–Crippen MR) is 154 cm³/mol. The Labute approximate surface area is 234 Å². The van der Waals surface area contributed by atoms with Crippen molar-refractivity contribution in [3.8, 4) is 0 Å². The number of carbonyl (C=O) groups excluding carboxylic acids is 1. The van der Waals surface area contributed by atoms with Crippen LogP contribution in [-0.4, -0.2) is 71.4 Å². The molecular weight excluding hydrogens is 500 g/mol. The van der Waals surface area contributed by atoms with Gasteiger partial charge in [-0.15, -0.1) is 0 Å². The first-order valence-electron chi connectivity index (χ1n) is 15.1. The van der Waals surface area contributed by atoms with Crippen molar-refractivity contribution in [2.45, 2.75) is 149 Å². The number of carbonyl (C=O) groups is 1. The number of hydrogen-bond donors (Lipinski definition) is 0. The van der Waals surface area contributed by atoms with E-state index in [9.17, 15) is 4.79 Å². The molecule has 1 saturated heterocycles. The van der Waals surface area contributed by atoms with Crippen LogP contribution in [0, 0.1) is 17.8 Å². The lowest BCUT2D eigenvalue weighted by atomic mass is 9.78. The minimum atomic E-state index is -2.14. The Morgan fingerprint density at radius 2 is 1.50 bits per heavy atom. The monoisotopic (exact) mass is 558 g/mol. The Hall–Kier alpha value is -0.513. The lowest BCUT2D eigenvalue weighted by Crippen LogP contribution is -2.59. The van der Waals surface area contributed by atoms with Crippen molar-refractivity contribution in [1.82, 2.24) is 0 Å². The van der Waals surface area contributed by atoms with Gasteiger partial charge in [-0.2, -0.15) is 0 Å². The zero-order valence-electron chi connectivity index (χ0n) is 26.2. The molecular formula is C30H58O7Si. The highest BCUT2D eigenvalue weighted by Gasteiger charge is 2.50. The summed E-state index contributed by atoms with van der Waals surface area (Å²) >= 11 is 0. The molecule has 0 spiro atoms. The predicted octanol–water partition coefficient (Wildman–Crippen LogP) is 6.73. The molecule has 2 aliphatic rings. The summed E-state index contributed by atoms with van der Waals surface area (Å²) in [5.41, 5.74) is 0. The molecule has 1 aliphatic carbocycles. The van der Waals surface area contributed by atoms with Crippen LogP contribution < -0.4 is 0 Å². The molecule has 2 rings (SSSR count). The molecule has 7 unspecified atom stereocenters. The first-order valence-corrected chi connectivity index (χ1v) is 18.0. The number of methoxy groups -OCH3 is 1. The Morgan fingerprint density at radius 1 is 0.921 bits per heavy atom. The van der Waals surface area contributed by atoms with Gasteiger partial charge in [0, 0.05) is 19.1 Å². The fraction of sp³-hybridized carbons (Fsp3) is 0.967. The van der Waals surface area contributed by atoms with Gasteiger partial charge in [-0.05, 0) is 56.7 Å². The van der Waals surface area contributed by atoms with Gasteiger partial charge < -0.3 is 28.1 Å². The summed E-state index contributed by atoms with van der Waals surface area (Å²) in [4.78, 5) is 12.6. The number of hydrogen-bond acceptors (Lipinski definition) is 7. The highest BCUT2D eigenvalue weighted by molar-refractivity contribution is 6.74. The topological polar surface area (TPSA) is 72.5 Å². The Kier molecular flexibility index (Phi) is 13.2. The molecule has 1 aliphatic heterocycles. The van der Waals surface area contributed by atoms with Crippen molar-refractivity contribution in [2.75, 3.05) is 20.3 Å². The van der Waals surface area contributed by atoms with E-state index in [1.807, 2.05) is 0 Å². The maximum absolute atomic E-state index is 12.6. The van der Waals surface area contributed by atoms with Crippen LogP contribution in [0.1, 0.15) is 93.9 Å². The summed E-state index contributed by atoms with van der Waals surface area (Å²) in [5.74, 6) is -0.0834. The second-order valence-corrected chi connectivity index (χ2v) is 17.9. The van der Waals surface area contributed by atoms with Crippen LogP contribution in [0.15, 0.2) is 0 Å². The molecule has 0 N–H and O–H groups in total. The number of unbranched alkanes of at least 4 members (excludes halogenated alkanes) is 2. The summed E-state index contributed by atoms with van der Waals surface area (Å²) in [6.45, 7) is 23.3. The fourth-order valence-electron chi connectivity index (χ4n) is 5.26. The molecule has 7 nitrogen and oxygen atoms in total. The summed E-state index contributed by atoms with van der Waals surface area (Å²) in [7, 11) is -0.669. The van der Waals surface area contributed by atoms with E-state index in [2.05, 4.69) is 68.5 Å². The molecule has 38 heavy (non-hydrogen) atoms. The lowest BCUT2D eigenvalue weighted by molar-refractivity contribution is -0.320. The molecule has 224 valence electrons. The molecule has 1 saturated carbocycles. The van der Waals surface area contributed by atoms with Crippen LogP contribution in [0.4, 0.5) is 0 Å². The third-order valence-electron chi connectivity index (χ3n) is 8.99. The van der Waals surface area contributed by atoms with Gasteiger partial charge in [0.1, 0.15) is 6.10 Å². The average molecular weight is 559 g/mol. The zero-order valence-corrected chi connectivity index (χ0v) is 27.2. The van der Waals surface area contributed by atoms with E-state index in [1.165, 1.54) is 7.11 Å². The molecule has 8 heteroatoms. The summed E-state index contributed by atoms with van der Waals surface area (Å²) in [5, 5.41) is 0.0360. The third kappa shape index (κ3) is 8.74. The largest absolute Gasteiger partial charge is 0.469 e. The molecule has 0 radical (unpaired) electrons. The van der Waals surface area contributed by atoms with Gasteiger partial charge in [0.15, 0.2) is 14.6 Å². The molecule has 2 fully saturated rings. The Morgan fingerprint density at radius 3 is 2.03 bits per heavy atom. The standard InChI is InChI=1S/C30H58O7Si/c1-12-14-16-33-26-21(4)22(5)35-29(27(26)34-17-15-13-2)36-25-20(3)18-23(28(31)32-9)19-24(25)37-38(10,11)30(6,7)8/h20-27,29H,12-19H2,1-11H3/t20?,21?,22?,23?,24-,25?,26?,27?,29+/m1/s1. The fourth-order valence-corrected chi connectivity index (χ4v) is 6.60. The van der Waals surface area contributed by atoms with Gasteiger partial charge in [0.25, 0.3) is 0 Å². The Bertz CT molecular complexity index is 709. The van der Waals surface area contributed by atoms with E-state index in [0.29, 0.717) is 26.1 Å². The van der Waals surface area contributed by atoms with Crippen LogP contribution in [-0.2, 0) is 32.9 Å². The summed E-state index contributed by atoms with van der Waals surface area (Å²) in [6.07, 6.45) is 3.98. The summed E-state index contributed by atoms with van der Waals surface area (Å²) < 4.78 is 38.4. The van der Waals surface area contributed by atoms with Gasteiger partial charge in [0.2, 0.25) is 0 Å². The van der Waals surface area contributed by atoms with Gasteiger partial charge in [-0.25, -0.2) is 0 Å². The number of esters is 1. The van der Waals surface area contributed by atoms with E-state index in [0.717, 1.165) is 25.7 Å². The Balaban J connectivity index is 2.35. The first-order chi connectivity index (χ1) is 17.8. The van der Waals surface area contributed by atoms with E-state index < -0.39 is 14.6 Å². The molecule has 0 amide bonds. The van der Waals surface area contributed by atoms with Gasteiger partial charge in [-0.1, -0.05) is 61.3 Å². The molecule has 0 aromatic rings. The highest BCUT2D eigenvalue weighted by atomic mass is 28.4. The van der Waals surface area contributed by atoms with Crippen molar-refractivity contribution >= 4 is 14.3 Å². The van der Waals surface area contributed by atoms with E-state index >= 15 is 0 Å². The van der Waals surface area contributed by atoms with Crippen molar-refractivity contribution in [2.24, 2.45) is 17.8 Å². The molecule has 0 aromatic heterocycles. The SMILES string of the molecule is CCCCOC1C(C)C(C)O[C@@H](OC2C(C)CC(C(=O)OC)C[C@H]2O[Si](C)(C)C(C)(C)C)C1OCCCC. The molecule has 1 heterocycles. The number of rotatable bonds is 13. The third-order valence-corrected chi connectivity index (χ3v) is 13.5.